The van der Waals surface area contributed by atoms with E-state index < -0.39 is 0 Å². The Morgan fingerprint density at radius 3 is 0.951 bits per heavy atom. The SMILES string of the molecule is CCCCOc1cc(C)c(OCCCC)cc1C.Cc1cc(C(C)(C)C)c(C)cc1C(C)(C)C.Cc1cc(C)c(C)cc1C.Cc1ccc(C)c(C)c1.Cc1ccccc1C. The minimum absolute atomic E-state index is 0.241. The van der Waals surface area contributed by atoms with Crippen molar-refractivity contribution >= 4 is 0 Å². The van der Waals surface area contributed by atoms with Crippen molar-refractivity contribution in [3.05, 3.63) is 162 Å². The molecule has 0 amide bonds. The first-order chi connectivity index (χ1) is 28.3. The van der Waals surface area contributed by atoms with Gasteiger partial charge in [-0.2, -0.15) is 0 Å². The van der Waals surface area contributed by atoms with Crippen molar-refractivity contribution in [2.75, 3.05) is 13.2 Å². The van der Waals surface area contributed by atoms with E-state index >= 15 is 0 Å². The average Bonchev–Trinajstić information content (AvgIpc) is 3.16. The van der Waals surface area contributed by atoms with Crippen molar-refractivity contribution in [1.29, 1.82) is 0 Å². The number of hydrogen-bond donors (Lipinski definition) is 0. The minimum atomic E-state index is 0.241. The largest absolute Gasteiger partial charge is 0.493 e. The maximum Gasteiger partial charge on any atom is 0.122 e. The van der Waals surface area contributed by atoms with Crippen molar-refractivity contribution in [3.8, 4) is 11.5 Å². The zero-order valence-electron chi connectivity index (χ0n) is 43.1. The summed E-state index contributed by atoms with van der Waals surface area (Å²) < 4.78 is 11.6. The molecule has 0 atom stereocenters. The highest BCUT2D eigenvalue weighted by atomic mass is 16.5. The first kappa shape index (κ1) is 54.7. The normalized spacial score (nSPS) is 10.8. The van der Waals surface area contributed by atoms with Gasteiger partial charge in [0.2, 0.25) is 0 Å². The number of ether oxygens (including phenoxy) is 2. The fraction of sp³-hybridized carbons (Fsp3) is 0.492. The number of unbranched alkanes of at least 4 members (excludes halogenated alkanes) is 2. The van der Waals surface area contributed by atoms with Crippen LogP contribution in [0.5, 0.6) is 11.5 Å². The van der Waals surface area contributed by atoms with Crippen LogP contribution in [0.25, 0.3) is 0 Å². The number of hydrogen-bond acceptors (Lipinski definition) is 2. The van der Waals surface area contributed by atoms with Gasteiger partial charge in [-0.25, -0.2) is 0 Å². The van der Waals surface area contributed by atoms with Gasteiger partial charge in [0.25, 0.3) is 0 Å². The zero-order valence-corrected chi connectivity index (χ0v) is 43.1. The second-order valence-electron chi connectivity index (χ2n) is 19.5. The molecule has 336 valence electrons. The van der Waals surface area contributed by atoms with Crippen LogP contribution >= 0.6 is 0 Å². The van der Waals surface area contributed by atoms with Gasteiger partial charge < -0.3 is 9.47 Å². The summed E-state index contributed by atoms with van der Waals surface area (Å²) >= 11 is 0. The summed E-state index contributed by atoms with van der Waals surface area (Å²) in [4.78, 5) is 0. The Hall–Kier alpha value is -4.30. The molecule has 2 heteroatoms. The van der Waals surface area contributed by atoms with Gasteiger partial charge in [0.05, 0.1) is 13.2 Å². The lowest BCUT2D eigenvalue weighted by atomic mass is 9.77. The molecular formula is C59H88O2. The van der Waals surface area contributed by atoms with E-state index in [2.05, 4.69) is 224 Å². The van der Waals surface area contributed by atoms with Gasteiger partial charge >= 0.3 is 0 Å². The van der Waals surface area contributed by atoms with Gasteiger partial charge in [-0.3, -0.25) is 0 Å². The molecule has 5 aromatic carbocycles. The number of benzene rings is 5. The van der Waals surface area contributed by atoms with Gasteiger partial charge in [-0.15, -0.1) is 0 Å². The molecule has 2 nitrogen and oxygen atoms in total. The molecule has 0 unspecified atom stereocenters. The molecule has 0 spiro atoms. The summed E-state index contributed by atoms with van der Waals surface area (Å²) in [5.41, 5.74) is 21.0. The maximum atomic E-state index is 5.78. The predicted octanol–water partition coefficient (Wildman–Crippen LogP) is 17.4. The molecule has 0 saturated heterocycles. The van der Waals surface area contributed by atoms with E-state index in [9.17, 15) is 0 Å². The third-order valence-corrected chi connectivity index (χ3v) is 11.4. The fourth-order valence-electron chi connectivity index (χ4n) is 6.82. The lowest BCUT2D eigenvalue weighted by Crippen LogP contribution is -2.18. The van der Waals surface area contributed by atoms with Crippen LogP contribution in [-0.2, 0) is 10.8 Å². The minimum Gasteiger partial charge on any atom is -0.493 e. The summed E-state index contributed by atoms with van der Waals surface area (Å²) in [5.74, 6) is 1.98. The summed E-state index contributed by atoms with van der Waals surface area (Å²) in [5, 5.41) is 0. The predicted molar refractivity (Wildman–Crippen MR) is 272 cm³/mol. The van der Waals surface area contributed by atoms with E-state index in [-0.39, 0.29) is 10.8 Å². The molecule has 0 N–H and O–H groups in total. The van der Waals surface area contributed by atoms with Gasteiger partial charge in [0.15, 0.2) is 0 Å². The Morgan fingerprint density at radius 2 is 0.672 bits per heavy atom. The van der Waals surface area contributed by atoms with Gasteiger partial charge in [-0.1, -0.05) is 141 Å². The van der Waals surface area contributed by atoms with Crippen LogP contribution in [0, 0.1) is 90.0 Å². The Labute approximate surface area is 376 Å². The lowest BCUT2D eigenvalue weighted by molar-refractivity contribution is 0.297. The maximum absolute atomic E-state index is 5.78. The van der Waals surface area contributed by atoms with Crippen molar-refractivity contribution in [3.63, 3.8) is 0 Å². The molecule has 0 fully saturated rings. The molecule has 0 radical (unpaired) electrons. The van der Waals surface area contributed by atoms with Crippen LogP contribution in [0.15, 0.2) is 78.9 Å². The molecule has 0 saturated carbocycles. The molecule has 5 rings (SSSR count). The highest BCUT2D eigenvalue weighted by Crippen LogP contribution is 2.33. The summed E-state index contributed by atoms with van der Waals surface area (Å²) in [7, 11) is 0. The second kappa shape index (κ2) is 26.2. The molecule has 61 heavy (non-hydrogen) atoms. The van der Waals surface area contributed by atoms with Crippen molar-refractivity contribution in [2.45, 2.75) is 182 Å². The Kier molecular flexibility index (Phi) is 23.5. The van der Waals surface area contributed by atoms with Crippen LogP contribution in [0.3, 0.4) is 0 Å². The van der Waals surface area contributed by atoms with Crippen molar-refractivity contribution < 1.29 is 9.47 Å². The van der Waals surface area contributed by atoms with E-state index in [0.29, 0.717) is 0 Å². The molecule has 5 aromatic rings. The van der Waals surface area contributed by atoms with E-state index in [1.54, 1.807) is 0 Å². The van der Waals surface area contributed by atoms with E-state index in [0.717, 1.165) is 61.5 Å². The number of rotatable bonds is 8. The number of aryl methyl sites for hydroxylation is 13. The van der Waals surface area contributed by atoms with E-state index in [4.69, 9.17) is 9.47 Å². The molecule has 0 heterocycles. The third-order valence-electron chi connectivity index (χ3n) is 11.4. The van der Waals surface area contributed by atoms with Gasteiger partial charge in [0, 0.05) is 0 Å². The quantitative estimate of drug-likeness (QED) is 0.145. The van der Waals surface area contributed by atoms with Crippen molar-refractivity contribution in [2.24, 2.45) is 0 Å². The van der Waals surface area contributed by atoms with Crippen LogP contribution in [0.2, 0.25) is 0 Å². The van der Waals surface area contributed by atoms with Gasteiger partial charge in [0.1, 0.15) is 11.5 Å². The summed E-state index contributed by atoms with van der Waals surface area (Å²) in [6, 6.07) is 28.3. The summed E-state index contributed by atoms with van der Waals surface area (Å²) in [6.07, 6.45) is 4.53. The monoisotopic (exact) mass is 829 g/mol. The topological polar surface area (TPSA) is 18.5 Å². The molecular weight excluding hydrogens is 741 g/mol. The van der Waals surface area contributed by atoms with Crippen LogP contribution in [-0.4, -0.2) is 13.2 Å². The summed E-state index contributed by atoms with van der Waals surface area (Å²) in [6.45, 7) is 47.5. The molecule has 0 aliphatic carbocycles. The Balaban J connectivity index is 0.000000395. The fourth-order valence-corrected chi connectivity index (χ4v) is 6.82. The first-order valence-corrected chi connectivity index (χ1v) is 22.9. The highest BCUT2D eigenvalue weighted by Gasteiger charge is 2.22. The average molecular weight is 829 g/mol. The van der Waals surface area contributed by atoms with E-state index in [1.807, 2.05) is 0 Å². The van der Waals surface area contributed by atoms with Crippen LogP contribution in [0.1, 0.15) is 165 Å². The Bertz CT molecular complexity index is 1920. The molecule has 0 aromatic heterocycles. The van der Waals surface area contributed by atoms with Crippen molar-refractivity contribution in [1.82, 2.24) is 0 Å². The van der Waals surface area contributed by atoms with E-state index in [1.165, 1.54) is 72.3 Å². The highest BCUT2D eigenvalue weighted by molar-refractivity contribution is 5.45. The third kappa shape index (κ3) is 20.0. The van der Waals surface area contributed by atoms with Crippen LogP contribution < -0.4 is 9.47 Å². The zero-order chi connectivity index (χ0) is 46.7. The standard InChI is InChI=1S/C16H26O2.C16H26.C10H14.C9H12.C8H10/c1-5-7-9-17-15-11-14(4)16(12-13(15)3)18-10-8-6-2;1-11-9-14(16(6,7)8)12(2)10-13(11)15(3,4)5;1-7-5-9(3)10(4)6-8(7)2;1-7-4-5-8(2)9(3)6-7;1-7-5-3-4-6-8(7)2/h11-12H,5-10H2,1-4H3;9-10H,1-8H3;5-6H,1-4H3;4-6H,1-3H3;3-6H,1-2H3. The van der Waals surface area contributed by atoms with Gasteiger partial charge in [-0.05, 0) is 204 Å². The second-order valence-corrected chi connectivity index (χ2v) is 19.5. The smallest absolute Gasteiger partial charge is 0.122 e. The lowest BCUT2D eigenvalue weighted by Gasteiger charge is -2.28. The van der Waals surface area contributed by atoms with Crippen LogP contribution in [0.4, 0.5) is 0 Å². The first-order valence-electron chi connectivity index (χ1n) is 22.9. The molecule has 0 bridgehead atoms. The Morgan fingerprint density at radius 1 is 0.344 bits per heavy atom. The molecule has 0 aliphatic rings. The molecule has 0 aliphatic heterocycles.